The highest BCUT2D eigenvalue weighted by Gasteiger charge is 2.03. The van der Waals surface area contributed by atoms with E-state index in [1.165, 1.54) is 11.1 Å². The molecule has 0 amide bonds. The summed E-state index contributed by atoms with van der Waals surface area (Å²) in [4.78, 5) is 0. The monoisotopic (exact) mass is 362 g/mol. The summed E-state index contributed by atoms with van der Waals surface area (Å²) in [6, 6.07) is 16.4. The lowest BCUT2D eigenvalue weighted by Gasteiger charge is -2.10. The van der Waals surface area contributed by atoms with Crippen LogP contribution >= 0.6 is 15.9 Å². The smallest absolute Gasteiger partial charge is 0.134 e. The molecule has 0 aromatic heterocycles. The lowest BCUT2D eigenvalue weighted by Crippen LogP contribution is -2.19. The first-order chi connectivity index (χ1) is 10.8. The van der Waals surface area contributed by atoms with Gasteiger partial charge in [-0.15, -0.1) is 0 Å². The van der Waals surface area contributed by atoms with Crippen LogP contribution in [0.2, 0.25) is 0 Å². The van der Waals surface area contributed by atoms with Crippen molar-refractivity contribution in [2.75, 3.05) is 20.1 Å². The Bertz CT molecular complexity index is 560. The van der Waals surface area contributed by atoms with Crippen LogP contribution in [0.1, 0.15) is 17.5 Å². The molecule has 0 fully saturated rings. The molecule has 22 heavy (non-hydrogen) atoms. The van der Waals surface area contributed by atoms with Crippen LogP contribution in [-0.2, 0) is 13.2 Å². The van der Waals surface area contributed by atoms with Gasteiger partial charge in [0.1, 0.15) is 12.4 Å². The Kier molecular flexibility index (Phi) is 7.43. The molecule has 0 saturated carbocycles. The van der Waals surface area contributed by atoms with Gasteiger partial charge in [-0.25, -0.2) is 0 Å². The van der Waals surface area contributed by atoms with Crippen LogP contribution in [0.3, 0.4) is 0 Å². The number of hydrogen-bond donors (Lipinski definition) is 2. The molecule has 118 valence electrons. The molecule has 0 radical (unpaired) electrons. The number of ether oxygens (including phenoxy) is 1. The van der Waals surface area contributed by atoms with Crippen LogP contribution in [0.15, 0.2) is 53.0 Å². The zero-order chi connectivity index (χ0) is 15.6. The van der Waals surface area contributed by atoms with Gasteiger partial charge in [0.25, 0.3) is 0 Å². The molecule has 0 bridgehead atoms. The Morgan fingerprint density at radius 2 is 1.82 bits per heavy atom. The summed E-state index contributed by atoms with van der Waals surface area (Å²) in [6.45, 7) is 3.52. The van der Waals surface area contributed by atoms with Gasteiger partial charge in [0.2, 0.25) is 0 Å². The molecule has 0 unspecified atom stereocenters. The molecular formula is C18H23BrN2O. The van der Waals surface area contributed by atoms with Crippen LogP contribution < -0.4 is 15.4 Å². The maximum absolute atomic E-state index is 5.86. The van der Waals surface area contributed by atoms with Crippen molar-refractivity contribution in [3.8, 4) is 5.75 Å². The number of rotatable bonds is 9. The second-order valence-electron chi connectivity index (χ2n) is 5.17. The summed E-state index contributed by atoms with van der Waals surface area (Å²) in [6.07, 6.45) is 1.13. The average molecular weight is 363 g/mol. The van der Waals surface area contributed by atoms with E-state index < -0.39 is 0 Å². The number of halogens is 1. The summed E-state index contributed by atoms with van der Waals surface area (Å²) >= 11 is 3.59. The molecular weight excluding hydrogens is 340 g/mol. The van der Waals surface area contributed by atoms with Gasteiger partial charge in [-0.1, -0.05) is 36.4 Å². The molecule has 2 aromatic rings. The van der Waals surface area contributed by atoms with Crippen molar-refractivity contribution in [3.05, 3.63) is 64.1 Å². The zero-order valence-electron chi connectivity index (χ0n) is 12.9. The fourth-order valence-electron chi connectivity index (χ4n) is 2.13. The largest absolute Gasteiger partial charge is 0.488 e. The van der Waals surface area contributed by atoms with Crippen LogP contribution in [0, 0.1) is 0 Å². The van der Waals surface area contributed by atoms with Crippen molar-refractivity contribution >= 4 is 15.9 Å². The van der Waals surface area contributed by atoms with Crippen LogP contribution in [0.4, 0.5) is 0 Å². The maximum Gasteiger partial charge on any atom is 0.134 e. The summed E-state index contributed by atoms with van der Waals surface area (Å²) in [7, 11) is 1.98. The van der Waals surface area contributed by atoms with Gasteiger partial charge < -0.3 is 15.4 Å². The summed E-state index contributed by atoms with van der Waals surface area (Å²) in [5.74, 6) is 0.878. The molecule has 4 heteroatoms. The van der Waals surface area contributed by atoms with Gasteiger partial charge >= 0.3 is 0 Å². The molecule has 2 rings (SSSR count). The molecule has 0 aliphatic heterocycles. The third-order valence-electron chi connectivity index (χ3n) is 3.34. The average Bonchev–Trinajstić information content (AvgIpc) is 2.55. The minimum absolute atomic E-state index is 0.584. The second-order valence-corrected chi connectivity index (χ2v) is 6.03. The SMILES string of the molecule is CNCCCNCc1ccc(OCc2ccccc2)c(Br)c1. The molecule has 0 saturated heterocycles. The first-order valence-electron chi connectivity index (χ1n) is 7.60. The van der Waals surface area contributed by atoms with Crippen molar-refractivity contribution in [2.45, 2.75) is 19.6 Å². The standard InChI is InChI=1S/C18H23BrN2O/c1-20-10-5-11-21-13-16-8-9-18(17(19)12-16)22-14-15-6-3-2-4-7-15/h2-4,6-9,12,20-21H,5,10-11,13-14H2,1H3. The number of benzene rings is 2. The van der Waals surface area contributed by atoms with E-state index in [0.717, 1.165) is 36.3 Å². The van der Waals surface area contributed by atoms with Gasteiger partial charge in [0.15, 0.2) is 0 Å². The highest BCUT2D eigenvalue weighted by Crippen LogP contribution is 2.26. The van der Waals surface area contributed by atoms with Crippen LogP contribution in [-0.4, -0.2) is 20.1 Å². The number of hydrogen-bond acceptors (Lipinski definition) is 3. The third-order valence-corrected chi connectivity index (χ3v) is 3.96. The first kappa shape index (κ1) is 17.0. The lowest BCUT2D eigenvalue weighted by atomic mass is 10.2. The molecule has 3 nitrogen and oxygen atoms in total. The van der Waals surface area contributed by atoms with E-state index in [4.69, 9.17) is 4.74 Å². The van der Waals surface area contributed by atoms with Crippen molar-refractivity contribution in [2.24, 2.45) is 0 Å². The normalized spacial score (nSPS) is 10.6. The minimum Gasteiger partial charge on any atom is -0.488 e. The van der Waals surface area contributed by atoms with E-state index in [2.05, 4.69) is 50.8 Å². The van der Waals surface area contributed by atoms with Crippen molar-refractivity contribution in [1.29, 1.82) is 0 Å². The molecule has 0 spiro atoms. The van der Waals surface area contributed by atoms with Crippen LogP contribution in [0.5, 0.6) is 5.75 Å². The van der Waals surface area contributed by atoms with E-state index in [9.17, 15) is 0 Å². The minimum atomic E-state index is 0.584. The van der Waals surface area contributed by atoms with Crippen molar-refractivity contribution < 1.29 is 4.74 Å². The highest BCUT2D eigenvalue weighted by molar-refractivity contribution is 9.10. The molecule has 0 atom stereocenters. The quantitative estimate of drug-likeness (QED) is 0.666. The Hall–Kier alpha value is -1.36. The first-order valence-corrected chi connectivity index (χ1v) is 8.39. The van der Waals surface area contributed by atoms with E-state index in [-0.39, 0.29) is 0 Å². The molecule has 2 N–H and O–H groups in total. The fourth-order valence-corrected chi connectivity index (χ4v) is 2.67. The third kappa shape index (κ3) is 5.79. The van der Waals surface area contributed by atoms with Gasteiger partial charge in [-0.05, 0) is 65.7 Å². The molecule has 0 aliphatic carbocycles. The van der Waals surface area contributed by atoms with Gasteiger partial charge in [0.05, 0.1) is 4.47 Å². The van der Waals surface area contributed by atoms with E-state index in [0.29, 0.717) is 6.61 Å². The summed E-state index contributed by atoms with van der Waals surface area (Å²) < 4.78 is 6.86. The van der Waals surface area contributed by atoms with E-state index in [1.54, 1.807) is 0 Å². The van der Waals surface area contributed by atoms with E-state index >= 15 is 0 Å². The van der Waals surface area contributed by atoms with Crippen LogP contribution in [0.25, 0.3) is 0 Å². The molecule has 0 aliphatic rings. The predicted molar refractivity (Wildman–Crippen MR) is 95.2 cm³/mol. The van der Waals surface area contributed by atoms with Gasteiger partial charge in [-0.3, -0.25) is 0 Å². The Balaban J connectivity index is 1.81. The highest BCUT2D eigenvalue weighted by atomic mass is 79.9. The van der Waals surface area contributed by atoms with Crippen molar-refractivity contribution in [3.63, 3.8) is 0 Å². The number of nitrogens with one attached hydrogen (secondary N) is 2. The Morgan fingerprint density at radius 1 is 1.00 bits per heavy atom. The topological polar surface area (TPSA) is 33.3 Å². The zero-order valence-corrected chi connectivity index (χ0v) is 14.5. The summed E-state index contributed by atoms with van der Waals surface area (Å²) in [5, 5.41) is 6.59. The lowest BCUT2D eigenvalue weighted by molar-refractivity contribution is 0.304. The van der Waals surface area contributed by atoms with Gasteiger partial charge in [0, 0.05) is 6.54 Å². The second kappa shape index (κ2) is 9.62. The molecule has 0 heterocycles. The Labute approximate surface area is 141 Å². The predicted octanol–water partition coefficient (Wildman–Crippen LogP) is 3.73. The fraction of sp³-hybridized carbons (Fsp3) is 0.333. The van der Waals surface area contributed by atoms with E-state index in [1.807, 2.05) is 31.3 Å². The Morgan fingerprint density at radius 3 is 2.55 bits per heavy atom. The van der Waals surface area contributed by atoms with Gasteiger partial charge in [-0.2, -0.15) is 0 Å². The maximum atomic E-state index is 5.86. The molecule has 2 aromatic carbocycles. The van der Waals surface area contributed by atoms with Crippen molar-refractivity contribution in [1.82, 2.24) is 10.6 Å². The summed E-state index contributed by atoms with van der Waals surface area (Å²) in [5.41, 5.74) is 2.42.